The first-order valence-electron chi connectivity index (χ1n) is 9.92. The molecule has 0 saturated heterocycles. The highest BCUT2D eigenvalue weighted by atomic mass is 19.4. The SMILES string of the molecule is COc1cccc(CN2C3=C(N(C)COC3)N(C)C2Oc2cccc(OC(F)(F)F)c2)c1. The van der Waals surface area contributed by atoms with Crippen molar-refractivity contribution in [3.63, 3.8) is 0 Å². The van der Waals surface area contributed by atoms with Crippen molar-refractivity contribution < 1.29 is 32.1 Å². The lowest BCUT2D eigenvalue weighted by molar-refractivity contribution is -0.274. The monoisotopic (exact) mass is 451 g/mol. The molecule has 2 heterocycles. The van der Waals surface area contributed by atoms with Gasteiger partial charge in [-0.05, 0) is 29.8 Å². The molecule has 0 fully saturated rings. The molecule has 32 heavy (non-hydrogen) atoms. The number of rotatable bonds is 6. The summed E-state index contributed by atoms with van der Waals surface area (Å²) in [6, 6.07) is 13.2. The molecule has 2 aromatic carbocycles. The van der Waals surface area contributed by atoms with Crippen LogP contribution in [-0.2, 0) is 11.3 Å². The van der Waals surface area contributed by atoms with Gasteiger partial charge in [0.2, 0.25) is 0 Å². The number of nitrogens with zero attached hydrogens (tertiary/aromatic N) is 3. The molecule has 2 aromatic rings. The van der Waals surface area contributed by atoms with Gasteiger partial charge in [-0.25, -0.2) is 0 Å². The molecular weight excluding hydrogens is 427 g/mol. The summed E-state index contributed by atoms with van der Waals surface area (Å²) in [5, 5.41) is 0. The van der Waals surface area contributed by atoms with E-state index in [1.165, 1.54) is 18.2 Å². The lowest BCUT2D eigenvalue weighted by atomic mass is 10.2. The molecule has 0 radical (unpaired) electrons. The Bertz CT molecular complexity index is 998. The van der Waals surface area contributed by atoms with E-state index >= 15 is 0 Å². The molecule has 0 spiro atoms. The summed E-state index contributed by atoms with van der Waals surface area (Å²) < 4.78 is 59.1. The molecule has 0 aliphatic carbocycles. The van der Waals surface area contributed by atoms with E-state index in [4.69, 9.17) is 14.2 Å². The predicted octanol–water partition coefficient (Wildman–Crippen LogP) is 3.79. The van der Waals surface area contributed by atoms with Crippen LogP contribution in [0.4, 0.5) is 13.2 Å². The minimum atomic E-state index is -4.78. The fourth-order valence-electron chi connectivity index (χ4n) is 3.91. The molecule has 172 valence electrons. The average Bonchev–Trinajstić information content (AvgIpc) is 3.00. The molecule has 0 bridgehead atoms. The van der Waals surface area contributed by atoms with Crippen LogP contribution in [0.25, 0.3) is 0 Å². The highest BCUT2D eigenvalue weighted by Gasteiger charge is 2.41. The predicted molar refractivity (Wildman–Crippen MR) is 109 cm³/mol. The van der Waals surface area contributed by atoms with Crippen molar-refractivity contribution >= 4 is 0 Å². The van der Waals surface area contributed by atoms with E-state index in [0.717, 1.165) is 22.8 Å². The first-order valence-corrected chi connectivity index (χ1v) is 9.92. The van der Waals surface area contributed by atoms with Crippen LogP contribution in [0.2, 0.25) is 0 Å². The third kappa shape index (κ3) is 4.64. The Morgan fingerprint density at radius 1 is 1.03 bits per heavy atom. The van der Waals surface area contributed by atoms with E-state index in [1.807, 2.05) is 53.1 Å². The van der Waals surface area contributed by atoms with Crippen molar-refractivity contribution in [1.29, 1.82) is 0 Å². The molecule has 0 saturated carbocycles. The maximum absolute atomic E-state index is 12.6. The molecule has 10 heteroatoms. The van der Waals surface area contributed by atoms with E-state index in [2.05, 4.69) is 4.74 Å². The van der Waals surface area contributed by atoms with Crippen LogP contribution in [0.1, 0.15) is 5.56 Å². The normalized spacial score (nSPS) is 18.7. The van der Waals surface area contributed by atoms with E-state index < -0.39 is 12.7 Å². The summed E-state index contributed by atoms with van der Waals surface area (Å²) in [5.41, 5.74) is 1.92. The molecular formula is C22H24F3N3O4. The molecule has 7 nitrogen and oxygen atoms in total. The second kappa shape index (κ2) is 8.70. The smallest absolute Gasteiger partial charge is 0.497 e. The fourth-order valence-corrected chi connectivity index (χ4v) is 3.91. The summed E-state index contributed by atoms with van der Waals surface area (Å²) in [6.45, 7) is 1.31. The third-order valence-corrected chi connectivity index (χ3v) is 5.19. The van der Waals surface area contributed by atoms with Gasteiger partial charge in [-0.2, -0.15) is 0 Å². The fraction of sp³-hybridized carbons (Fsp3) is 0.364. The largest absolute Gasteiger partial charge is 0.573 e. The van der Waals surface area contributed by atoms with Gasteiger partial charge in [-0.15, -0.1) is 13.2 Å². The summed E-state index contributed by atoms with van der Waals surface area (Å²) in [6.07, 6.45) is -5.38. The zero-order valence-corrected chi connectivity index (χ0v) is 17.9. The first-order chi connectivity index (χ1) is 15.2. The first kappa shape index (κ1) is 21.9. The minimum absolute atomic E-state index is 0.252. The van der Waals surface area contributed by atoms with Gasteiger partial charge in [0.05, 0.1) is 19.4 Å². The van der Waals surface area contributed by atoms with Crippen LogP contribution in [0.5, 0.6) is 17.2 Å². The maximum Gasteiger partial charge on any atom is 0.573 e. The molecule has 0 N–H and O–H groups in total. The van der Waals surface area contributed by atoms with Gasteiger partial charge in [-0.3, -0.25) is 0 Å². The number of hydrogen-bond acceptors (Lipinski definition) is 7. The van der Waals surface area contributed by atoms with Gasteiger partial charge in [0, 0.05) is 26.7 Å². The molecule has 1 atom stereocenters. The molecule has 2 aliphatic heterocycles. The average molecular weight is 451 g/mol. The lowest BCUT2D eigenvalue weighted by Gasteiger charge is -2.32. The molecule has 0 amide bonds. The highest BCUT2D eigenvalue weighted by Crippen LogP contribution is 2.36. The topological polar surface area (TPSA) is 46.6 Å². The van der Waals surface area contributed by atoms with Gasteiger partial charge in [-0.1, -0.05) is 18.2 Å². The quantitative estimate of drug-likeness (QED) is 0.662. The van der Waals surface area contributed by atoms with Crippen molar-refractivity contribution in [2.45, 2.75) is 19.3 Å². The molecule has 4 rings (SSSR count). The van der Waals surface area contributed by atoms with Crippen molar-refractivity contribution in [3.8, 4) is 17.2 Å². The summed E-state index contributed by atoms with van der Waals surface area (Å²) in [4.78, 5) is 5.93. The Kier molecular flexibility index (Phi) is 5.96. The van der Waals surface area contributed by atoms with Gasteiger partial charge in [0.25, 0.3) is 6.35 Å². The summed E-state index contributed by atoms with van der Waals surface area (Å²) in [5.74, 6) is 1.58. The van der Waals surface area contributed by atoms with Gasteiger partial charge in [0.1, 0.15) is 29.8 Å². The van der Waals surface area contributed by atoms with E-state index in [1.54, 1.807) is 13.2 Å². The molecule has 1 unspecified atom stereocenters. The van der Waals surface area contributed by atoms with E-state index in [0.29, 0.717) is 19.9 Å². The number of ether oxygens (including phenoxy) is 4. The highest BCUT2D eigenvalue weighted by molar-refractivity contribution is 5.34. The zero-order valence-electron chi connectivity index (χ0n) is 17.9. The van der Waals surface area contributed by atoms with Gasteiger partial charge >= 0.3 is 6.36 Å². The number of methoxy groups -OCH3 is 1. The van der Waals surface area contributed by atoms with Crippen LogP contribution < -0.4 is 14.2 Å². The van der Waals surface area contributed by atoms with Gasteiger partial charge in [0.15, 0.2) is 0 Å². The van der Waals surface area contributed by atoms with Crippen LogP contribution in [0, 0.1) is 0 Å². The van der Waals surface area contributed by atoms with Crippen molar-refractivity contribution in [1.82, 2.24) is 14.7 Å². The minimum Gasteiger partial charge on any atom is -0.497 e. The third-order valence-electron chi connectivity index (χ3n) is 5.19. The Morgan fingerprint density at radius 2 is 1.75 bits per heavy atom. The van der Waals surface area contributed by atoms with Crippen LogP contribution in [0.15, 0.2) is 60.0 Å². The van der Waals surface area contributed by atoms with E-state index in [-0.39, 0.29) is 11.5 Å². The molecule has 2 aliphatic rings. The Balaban J connectivity index is 1.63. The van der Waals surface area contributed by atoms with Crippen molar-refractivity contribution in [2.75, 3.05) is 34.5 Å². The Hall–Kier alpha value is -3.27. The Labute approximate surface area is 184 Å². The van der Waals surface area contributed by atoms with Crippen LogP contribution >= 0.6 is 0 Å². The van der Waals surface area contributed by atoms with Crippen LogP contribution in [0.3, 0.4) is 0 Å². The number of halogens is 3. The van der Waals surface area contributed by atoms with E-state index in [9.17, 15) is 13.2 Å². The van der Waals surface area contributed by atoms with Crippen molar-refractivity contribution in [3.05, 3.63) is 65.6 Å². The zero-order chi connectivity index (χ0) is 22.9. The second-order valence-corrected chi connectivity index (χ2v) is 7.50. The van der Waals surface area contributed by atoms with Gasteiger partial charge < -0.3 is 33.6 Å². The number of benzene rings is 2. The van der Waals surface area contributed by atoms with Crippen LogP contribution in [-0.4, -0.2) is 62.0 Å². The second-order valence-electron chi connectivity index (χ2n) is 7.50. The standard InChI is InChI=1S/C22H24F3N3O4/c1-26-14-30-13-19-20(26)27(2)21(28(19)12-15-6-4-7-16(10-15)29-3)31-17-8-5-9-18(11-17)32-22(23,24)25/h4-11,21H,12-14H2,1-3H3. The maximum atomic E-state index is 12.6. The Morgan fingerprint density at radius 3 is 2.50 bits per heavy atom. The number of alkyl halides is 3. The lowest BCUT2D eigenvalue weighted by Crippen LogP contribution is -2.43. The van der Waals surface area contributed by atoms with Crippen molar-refractivity contribution in [2.24, 2.45) is 0 Å². The summed E-state index contributed by atoms with van der Waals surface area (Å²) in [7, 11) is 5.40. The molecule has 0 aromatic heterocycles. The summed E-state index contributed by atoms with van der Waals surface area (Å²) >= 11 is 0. The number of hydrogen-bond donors (Lipinski definition) is 0.